The molecule has 0 heterocycles. The minimum Gasteiger partial charge on any atom is -0.258 e. The van der Waals surface area contributed by atoms with Gasteiger partial charge in [0.1, 0.15) is 5.02 Å². The van der Waals surface area contributed by atoms with Crippen LogP contribution < -0.4 is 9.44 Å². The average molecular weight is 358 g/mol. The second-order valence-electron chi connectivity index (χ2n) is 3.93. The van der Waals surface area contributed by atoms with Crippen LogP contribution in [0, 0.1) is 10.1 Å². The smallest absolute Gasteiger partial charge is 0.258 e. The van der Waals surface area contributed by atoms with E-state index in [2.05, 4.69) is 9.44 Å². The van der Waals surface area contributed by atoms with E-state index in [1.54, 1.807) is 0 Å². The fourth-order valence-corrected chi connectivity index (χ4v) is 3.02. The largest absolute Gasteiger partial charge is 0.289 e. The van der Waals surface area contributed by atoms with Gasteiger partial charge >= 0.3 is 0 Å². The van der Waals surface area contributed by atoms with Crippen molar-refractivity contribution < 1.29 is 21.8 Å². The van der Waals surface area contributed by atoms with E-state index >= 15 is 0 Å². The Bertz CT molecular complexity index is 747. The maximum absolute atomic E-state index is 11.9. The van der Waals surface area contributed by atoms with Gasteiger partial charge in [0.15, 0.2) is 0 Å². The maximum atomic E-state index is 11.9. The van der Waals surface area contributed by atoms with Gasteiger partial charge in [-0.2, -0.15) is 0 Å². The second-order valence-corrected chi connectivity index (χ2v) is 7.94. The van der Waals surface area contributed by atoms with E-state index in [9.17, 15) is 26.9 Å². The minimum absolute atomic E-state index is 0.145. The summed E-state index contributed by atoms with van der Waals surface area (Å²) < 4.78 is 49.6. The van der Waals surface area contributed by atoms with E-state index in [0.717, 1.165) is 24.5 Å². The summed E-state index contributed by atoms with van der Waals surface area (Å²) in [5.41, 5.74) is -0.534. The Kier molecular flexibility index (Phi) is 5.64. The molecule has 1 rings (SSSR count). The number of rotatable bonds is 7. The highest BCUT2D eigenvalue weighted by Crippen LogP contribution is 2.26. The molecule has 0 aliphatic carbocycles. The van der Waals surface area contributed by atoms with Crippen LogP contribution in [-0.2, 0) is 20.0 Å². The van der Waals surface area contributed by atoms with Crippen molar-refractivity contribution in [3.8, 4) is 0 Å². The number of nitrogens with zero attached hydrogens (tertiary/aromatic N) is 1. The van der Waals surface area contributed by atoms with Crippen LogP contribution in [0.2, 0.25) is 5.02 Å². The van der Waals surface area contributed by atoms with Crippen molar-refractivity contribution in [1.82, 2.24) is 9.44 Å². The van der Waals surface area contributed by atoms with Crippen LogP contribution in [0.4, 0.5) is 5.69 Å². The van der Waals surface area contributed by atoms with Crippen LogP contribution in [0.25, 0.3) is 0 Å². The maximum Gasteiger partial charge on any atom is 0.289 e. The number of nitro groups is 1. The molecular weight excluding hydrogens is 346 g/mol. The zero-order valence-corrected chi connectivity index (χ0v) is 13.1. The van der Waals surface area contributed by atoms with Gasteiger partial charge in [-0.3, -0.25) is 10.1 Å². The summed E-state index contributed by atoms with van der Waals surface area (Å²) in [7, 11) is -7.42. The average Bonchev–Trinajstić information content (AvgIpc) is 2.33. The van der Waals surface area contributed by atoms with Gasteiger partial charge in [-0.15, -0.1) is 0 Å². The predicted octanol–water partition coefficient (Wildman–Crippen LogP) is 0.0757. The monoisotopic (exact) mass is 357 g/mol. The van der Waals surface area contributed by atoms with Gasteiger partial charge in [0, 0.05) is 19.2 Å². The number of nitrogens with one attached hydrogen (secondary N) is 2. The number of hydrogen-bond donors (Lipinski definition) is 2. The molecule has 12 heteroatoms. The summed E-state index contributed by atoms with van der Waals surface area (Å²) in [5.74, 6) is 0. The molecular formula is C9H12ClN3O6S2. The van der Waals surface area contributed by atoms with Gasteiger partial charge in [-0.25, -0.2) is 26.3 Å². The van der Waals surface area contributed by atoms with Gasteiger partial charge < -0.3 is 0 Å². The van der Waals surface area contributed by atoms with Crippen molar-refractivity contribution in [2.75, 3.05) is 19.3 Å². The molecule has 0 aromatic heterocycles. The first-order valence-electron chi connectivity index (χ1n) is 5.41. The molecule has 0 saturated carbocycles. The van der Waals surface area contributed by atoms with E-state index < -0.39 is 30.7 Å². The fourth-order valence-electron chi connectivity index (χ4n) is 1.30. The molecule has 0 atom stereocenters. The standard InChI is InChI=1S/C9H12ClN3O6S2/c1-20(16,17)11-4-5-12-21(18,19)7-2-3-8(10)9(6-7)13(14)15/h2-3,6,11-12H,4-5H2,1H3. The summed E-state index contributed by atoms with van der Waals surface area (Å²) in [6.07, 6.45) is 0.935. The molecule has 118 valence electrons. The van der Waals surface area contributed by atoms with E-state index in [1.165, 1.54) is 0 Å². The molecule has 0 spiro atoms. The van der Waals surface area contributed by atoms with Gasteiger partial charge in [0.25, 0.3) is 5.69 Å². The first kappa shape index (κ1) is 17.8. The van der Waals surface area contributed by atoms with Gasteiger partial charge in [0.2, 0.25) is 20.0 Å². The van der Waals surface area contributed by atoms with Gasteiger partial charge in [-0.1, -0.05) is 11.6 Å². The molecule has 9 nitrogen and oxygen atoms in total. The second kappa shape index (κ2) is 6.66. The third-order valence-electron chi connectivity index (χ3n) is 2.21. The molecule has 1 aromatic rings. The highest BCUT2D eigenvalue weighted by molar-refractivity contribution is 7.89. The van der Waals surface area contributed by atoms with Crippen molar-refractivity contribution >= 4 is 37.3 Å². The van der Waals surface area contributed by atoms with Crippen molar-refractivity contribution in [2.45, 2.75) is 4.90 Å². The Labute approximate surface area is 126 Å². The van der Waals surface area contributed by atoms with E-state index in [1.807, 2.05) is 0 Å². The number of halogens is 1. The lowest BCUT2D eigenvalue weighted by atomic mass is 10.3. The molecule has 0 radical (unpaired) electrons. The number of sulfonamides is 2. The summed E-state index contributed by atoms with van der Waals surface area (Å²) in [5, 5.41) is 10.5. The lowest BCUT2D eigenvalue weighted by molar-refractivity contribution is -0.384. The third kappa shape index (κ3) is 5.55. The SMILES string of the molecule is CS(=O)(=O)NCCNS(=O)(=O)c1ccc(Cl)c([N+](=O)[O-])c1. The van der Waals surface area contributed by atoms with Crippen LogP contribution in [0.1, 0.15) is 0 Å². The molecule has 0 bridgehead atoms. The summed E-state index contributed by atoms with van der Waals surface area (Å²) in [6.45, 7) is -0.348. The summed E-state index contributed by atoms with van der Waals surface area (Å²) in [4.78, 5) is 9.57. The summed E-state index contributed by atoms with van der Waals surface area (Å²) in [6, 6.07) is 3.04. The zero-order valence-electron chi connectivity index (χ0n) is 10.7. The number of hydrogen-bond acceptors (Lipinski definition) is 6. The number of benzene rings is 1. The molecule has 1 aromatic carbocycles. The Morgan fingerprint density at radius 1 is 1.19 bits per heavy atom. The summed E-state index contributed by atoms with van der Waals surface area (Å²) >= 11 is 5.58. The van der Waals surface area contributed by atoms with E-state index in [0.29, 0.717) is 0 Å². The van der Waals surface area contributed by atoms with Crippen molar-refractivity contribution in [3.63, 3.8) is 0 Å². The molecule has 21 heavy (non-hydrogen) atoms. The fraction of sp³-hybridized carbons (Fsp3) is 0.333. The highest BCUT2D eigenvalue weighted by atomic mass is 35.5. The molecule has 2 N–H and O–H groups in total. The third-order valence-corrected chi connectivity index (χ3v) is 4.71. The first-order chi connectivity index (χ1) is 9.53. The first-order valence-corrected chi connectivity index (χ1v) is 9.16. The highest BCUT2D eigenvalue weighted by Gasteiger charge is 2.20. The predicted molar refractivity (Wildman–Crippen MR) is 76.1 cm³/mol. The quantitative estimate of drug-likeness (QED) is 0.403. The molecule has 0 unspecified atom stereocenters. The molecule has 0 aliphatic heterocycles. The Hall–Kier alpha value is -1.27. The molecule has 0 saturated heterocycles. The topological polar surface area (TPSA) is 135 Å². The van der Waals surface area contributed by atoms with Crippen LogP contribution in [0.3, 0.4) is 0 Å². The molecule has 0 fully saturated rings. The molecule has 0 aliphatic rings. The minimum atomic E-state index is -4.00. The lowest BCUT2D eigenvalue weighted by Crippen LogP contribution is -2.34. The Balaban J connectivity index is 2.84. The van der Waals surface area contributed by atoms with Crippen molar-refractivity contribution in [1.29, 1.82) is 0 Å². The Morgan fingerprint density at radius 2 is 1.76 bits per heavy atom. The van der Waals surface area contributed by atoms with Gasteiger partial charge in [0.05, 0.1) is 16.1 Å². The van der Waals surface area contributed by atoms with E-state index in [-0.39, 0.29) is 23.0 Å². The van der Waals surface area contributed by atoms with Crippen molar-refractivity contribution in [3.05, 3.63) is 33.3 Å². The number of nitro benzene ring substituents is 1. The van der Waals surface area contributed by atoms with E-state index in [4.69, 9.17) is 11.6 Å². The normalized spacial score (nSPS) is 12.3. The van der Waals surface area contributed by atoms with Crippen LogP contribution in [0.5, 0.6) is 0 Å². The Morgan fingerprint density at radius 3 is 2.29 bits per heavy atom. The van der Waals surface area contributed by atoms with Crippen LogP contribution >= 0.6 is 11.6 Å². The van der Waals surface area contributed by atoms with Gasteiger partial charge in [-0.05, 0) is 12.1 Å². The zero-order chi connectivity index (χ0) is 16.3. The van der Waals surface area contributed by atoms with Crippen LogP contribution in [-0.4, -0.2) is 41.1 Å². The lowest BCUT2D eigenvalue weighted by Gasteiger charge is -2.07. The van der Waals surface area contributed by atoms with Crippen molar-refractivity contribution in [2.24, 2.45) is 0 Å². The molecule has 0 amide bonds. The van der Waals surface area contributed by atoms with Crippen LogP contribution in [0.15, 0.2) is 23.1 Å².